The molecule has 0 saturated heterocycles. The highest BCUT2D eigenvalue weighted by atomic mass is 16.5. The maximum atomic E-state index is 12.0. The van der Waals surface area contributed by atoms with E-state index in [1.54, 1.807) is 14.0 Å². The number of methoxy groups -OCH3 is 1. The highest BCUT2D eigenvalue weighted by Crippen LogP contribution is 2.28. The molecule has 0 heterocycles. The molecule has 0 fully saturated rings. The number of aryl methyl sites for hydroxylation is 1. The quantitative estimate of drug-likeness (QED) is 0.715. The molecule has 3 N–H and O–H groups in total. The molecule has 2 rings (SSSR count). The average Bonchev–Trinajstić information content (AvgIpc) is 2.53. The fourth-order valence-electron chi connectivity index (χ4n) is 2.32. The van der Waals surface area contributed by atoms with Crippen LogP contribution < -0.4 is 10.1 Å². The van der Waals surface area contributed by atoms with E-state index in [-0.39, 0.29) is 23.8 Å². The average molecular weight is 315 g/mol. The summed E-state index contributed by atoms with van der Waals surface area (Å²) < 4.78 is 5.16. The van der Waals surface area contributed by atoms with Gasteiger partial charge in [0.05, 0.1) is 13.5 Å². The molecular weight excluding hydrogens is 294 g/mol. The van der Waals surface area contributed by atoms with Gasteiger partial charge in [0, 0.05) is 6.54 Å². The van der Waals surface area contributed by atoms with Crippen LogP contribution in [0.15, 0.2) is 36.4 Å². The van der Waals surface area contributed by atoms with Gasteiger partial charge in [0.15, 0.2) is 11.5 Å². The van der Waals surface area contributed by atoms with Crippen LogP contribution in [0.4, 0.5) is 0 Å². The van der Waals surface area contributed by atoms with Gasteiger partial charge in [-0.05, 0) is 54.3 Å². The first-order chi connectivity index (χ1) is 11.0. The summed E-state index contributed by atoms with van der Waals surface area (Å²) in [5.41, 5.74) is 2.55. The third kappa shape index (κ3) is 4.64. The van der Waals surface area contributed by atoms with Crippen LogP contribution in [0.5, 0.6) is 17.2 Å². The molecule has 0 aliphatic rings. The standard InChI is InChI=1S/C18H21NO4/c1-12-8-16(20)17(21)10-14(12)11-18(22)19-7-6-13-4-3-5-15(9-13)23-2/h3-5,8-10,20-21H,6-7,11H2,1-2H3,(H,19,22). The van der Waals surface area contributed by atoms with Gasteiger partial charge in [-0.2, -0.15) is 0 Å². The fourth-order valence-corrected chi connectivity index (χ4v) is 2.32. The predicted molar refractivity (Wildman–Crippen MR) is 87.9 cm³/mol. The molecule has 0 atom stereocenters. The number of carbonyl (C=O) groups is 1. The summed E-state index contributed by atoms with van der Waals surface area (Å²) in [6.07, 6.45) is 0.876. The number of benzene rings is 2. The molecule has 0 aliphatic carbocycles. The van der Waals surface area contributed by atoms with Gasteiger partial charge in [0.1, 0.15) is 5.75 Å². The van der Waals surface area contributed by atoms with Crippen molar-refractivity contribution in [1.82, 2.24) is 5.32 Å². The maximum Gasteiger partial charge on any atom is 0.224 e. The lowest BCUT2D eigenvalue weighted by Crippen LogP contribution is -2.27. The number of hydrogen-bond donors (Lipinski definition) is 3. The smallest absolute Gasteiger partial charge is 0.224 e. The minimum Gasteiger partial charge on any atom is -0.504 e. The van der Waals surface area contributed by atoms with Crippen LogP contribution in [-0.4, -0.2) is 29.8 Å². The summed E-state index contributed by atoms with van der Waals surface area (Å²) in [7, 11) is 1.62. The number of phenols is 2. The summed E-state index contributed by atoms with van der Waals surface area (Å²) in [4.78, 5) is 12.0. The third-order valence-corrected chi connectivity index (χ3v) is 3.65. The summed E-state index contributed by atoms with van der Waals surface area (Å²) in [5.74, 6) is 0.282. The fraction of sp³-hybridized carbons (Fsp3) is 0.278. The Morgan fingerprint density at radius 3 is 2.65 bits per heavy atom. The summed E-state index contributed by atoms with van der Waals surface area (Å²) >= 11 is 0. The topological polar surface area (TPSA) is 78.8 Å². The van der Waals surface area contributed by atoms with E-state index < -0.39 is 0 Å². The number of amides is 1. The molecule has 0 radical (unpaired) electrons. The molecular formula is C18H21NO4. The van der Waals surface area contributed by atoms with Crippen LogP contribution in [0.1, 0.15) is 16.7 Å². The lowest BCUT2D eigenvalue weighted by atomic mass is 10.0. The molecule has 0 spiro atoms. The Hall–Kier alpha value is -2.69. The second-order valence-electron chi connectivity index (χ2n) is 5.40. The van der Waals surface area contributed by atoms with Crippen LogP contribution in [-0.2, 0) is 17.6 Å². The molecule has 2 aromatic carbocycles. The van der Waals surface area contributed by atoms with Gasteiger partial charge < -0.3 is 20.3 Å². The Kier molecular flexibility index (Phi) is 5.46. The van der Waals surface area contributed by atoms with Crippen LogP contribution in [0, 0.1) is 6.92 Å². The van der Waals surface area contributed by atoms with Gasteiger partial charge in [-0.1, -0.05) is 12.1 Å². The summed E-state index contributed by atoms with van der Waals surface area (Å²) in [6, 6.07) is 10.6. The molecule has 0 unspecified atom stereocenters. The highest BCUT2D eigenvalue weighted by molar-refractivity contribution is 5.79. The lowest BCUT2D eigenvalue weighted by Gasteiger charge is -2.09. The van der Waals surface area contributed by atoms with E-state index in [2.05, 4.69) is 5.32 Å². The van der Waals surface area contributed by atoms with E-state index in [4.69, 9.17) is 4.74 Å². The number of ether oxygens (including phenoxy) is 1. The van der Waals surface area contributed by atoms with Crippen molar-refractivity contribution < 1.29 is 19.7 Å². The molecule has 1 amide bonds. The first kappa shape index (κ1) is 16.7. The van der Waals surface area contributed by atoms with Crippen molar-refractivity contribution in [1.29, 1.82) is 0 Å². The zero-order valence-corrected chi connectivity index (χ0v) is 13.3. The van der Waals surface area contributed by atoms with Crippen molar-refractivity contribution in [2.24, 2.45) is 0 Å². The van der Waals surface area contributed by atoms with Gasteiger partial charge in [-0.15, -0.1) is 0 Å². The molecule has 2 aromatic rings. The van der Waals surface area contributed by atoms with E-state index in [9.17, 15) is 15.0 Å². The number of carbonyl (C=O) groups excluding carboxylic acids is 1. The minimum absolute atomic E-state index is 0.124. The number of nitrogens with one attached hydrogen (secondary N) is 1. The van der Waals surface area contributed by atoms with E-state index in [0.29, 0.717) is 18.5 Å². The molecule has 122 valence electrons. The molecule has 23 heavy (non-hydrogen) atoms. The molecule has 5 heteroatoms. The van der Waals surface area contributed by atoms with Crippen molar-refractivity contribution in [3.63, 3.8) is 0 Å². The Bertz CT molecular complexity index is 697. The summed E-state index contributed by atoms with van der Waals surface area (Å²) in [6.45, 7) is 2.31. The van der Waals surface area contributed by atoms with Crippen molar-refractivity contribution in [2.45, 2.75) is 19.8 Å². The van der Waals surface area contributed by atoms with Crippen LogP contribution in [0.25, 0.3) is 0 Å². The number of hydrogen-bond acceptors (Lipinski definition) is 4. The molecule has 0 aromatic heterocycles. The Morgan fingerprint density at radius 1 is 1.17 bits per heavy atom. The number of rotatable bonds is 6. The Balaban J connectivity index is 1.87. The maximum absolute atomic E-state index is 12.0. The lowest BCUT2D eigenvalue weighted by molar-refractivity contribution is -0.120. The molecule has 0 saturated carbocycles. The van der Waals surface area contributed by atoms with E-state index in [1.807, 2.05) is 24.3 Å². The second-order valence-corrected chi connectivity index (χ2v) is 5.40. The first-order valence-electron chi connectivity index (χ1n) is 7.40. The first-order valence-corrected chi connectivity index (χ1v) is 7.40. The van der Waals surface area contributed by atoms with Crippen molar-refractivity contribution in [3.05, 3.63) is 53.1 Å². The number of phenolic OH excluding ortho intramolecular Hbond substituents is 2. The van der Waals surface area contributed by atoms with Gasteiger partial charge in [-0.3, -0.25) is 4.79 Å². The van der Waals surface area contributed by atoms with Crippen LogP contribution >= 0.6 is 0 Å². The largest absolute Gasteiger partial charge is 0.504 e. The van der Waals surface area contributed by atoms with Crippen molar-refractivity contribution >= 4 is 5.91 Å². The van der Waals surface area contributed by atoms with E-state index in [0.717, 1.165) is 16.9 Å². The Labute approximate surface area is 135 Å². The molecule has 0 aliphatic heterocycles. The molecule has 5 nitrogen and oxygen atoms in total. The highest BCUT2D eigenvalue weighted by Gasteiger charge is 2.09. The zero-order chi connectivity index (χ0) is 16.8. The Morgan fingerprint density at radius 2 is 1.91 bits per heavy atom. The van der Waals surface area contributed by atoms with Gasteiger partial charge >= 0.3 is 0 Å². The third-order valence-electron chi connectivity index (χ3n) is 3.65. The van der Waals surface area contributed by atoms with E-state index in [1.165, 1.54) is 12.1 Å². The second kappa shape index (κ2) is 7.54. The van der Waals surface area contributed by atoms with Gasteiger partial charge in [0.25, 0.3) is 0 Å². The zero-order valence-electron chi connectivity index (χ0n) is 13.3. The minimum atomic E-state index is -0.213. The van der Waals surface area contributed by atoms with Crippen LogP contribution in [0.3, 0.4) is 0 Å². The van der Waals surface area contributed by atoms with Crippen LogP contribution in [0.2, 0.25) is 0 Å². The van der Waals surface area contributed by atoms with Gasteiger partial charge in [0.2, 0.25) is 5.91 Å². The van der Waals surface area contributed by atoms with Crippen molar-refractivity contribution in [2.75, 3.05) is 13.7 Å². The van der Waals surface area contributed by atoms with Crippen molar-refractivity contribution in [3.8, 4) is 17.2 Å². The monoisotopic (exact) mass is 315 g/mol. The van der Waals surface area contributed by atoms with E-state index >= 15 is 0 Å². The number of aromatic hydroxyl groups is 2. The summed E-state index contributed by atoms with van der Waals surface area (Å²) in [5, 5.41) is 21.8. The molecule has 0 bridgehead atoms. The predicted octanol–water partition coefficient (Wildman–Crippen LogP) is 2.32. The van der Waals surface area contributed by atoms with Gasteiger partial charge in [-0.25, -0.2) is 0 Å². The SMILES string of the molecule is COc1cccc(CCNC(=O)Cc2cc(O)c(O)cc2C)c1. The normalized spacial score (nSPS) is 10.3.